The molecule has 0 saturated carbocycles. The zero-order valence-electron chi connectivity index (χ0n) is 10.3. The summed E-state index contributed by atoms with van der Waals surface area (Å²) in [7, 11) is 1.37. The van der Waals surface area contributed by atoms with E-state index in [0.717, 1.165) is 5.69 Å². The van der Waals surface area contributed by atoms with E-state index >= 15 is 0 Å². The third-order valence-electron chi connectivity index (χ3n) is 3.04. The Labute approximate surface area is 106 Å². The van der Waals surface area contributed by atoms with Crippen molar-refractivity contribution in [1.82, 2.24) is 4.90 Å². The number of esters is 1. The third kappa shape index (κ3) is 2.80. The number of nitrogens with one attached hydrogen (secondary N) is 1. The summed E-state index contributed by atoms with van der Waals surface area (Å²) < 4.78 is 4.68. The number of hydrogen-bond donors (Lipinski definition) is 1. The Morgan fingerprint density at radius 3 is 2.72 bits per heavy atom. The normalized spacial score (nSPS) is 18.5. The zero-order valence-corrected chi connectivity index (χ0v) is 10.3. The first-order chi connectivity index (χ1) is 8.70. The van der Waals surface area contributed by atoms with E-state index in [2.05, 4.69) is 10.1 Å². The number of benzene rings is 1. The molecule has 1 heterocycles. The second-order valence-corrected chi connectivity index (χ2v) is 4.25. The molecule has 0 aliphatic carbocycles. The molecule has 5 nitrogen and oxygen atoms in total. The Kier molecular flexibility index (Phi) is 3.82. The van der Waals surface area contributed by atoms with Gasteiger partial charge in [0.25, 0.3) is 0 Å². The molecule has 1 fully saturated rings. The van der Waals surface area contributed by atoms with Crippen molar-refractivity contribution in [2.75, 3.05) is 25.5 Å². The SMILES string of the molecule is COC(=O)C1CCN(C(=O)Nc2ccccc2)C1. The minimum atomic E-state index is -0.245. The molecule has 1 atom stereocenters. The average molecular weight is 248 g/mol. The lowest BCUT2D eigenvalue weighted by Crippen LogP contribution is -2.33. The lowest BCUT2D eigenvalue weighted by molar-refractivity contribution is -0.144. The van der Waals surface area contributed by atoms with Gasteiger partial charge in [-0.3, -0.25) is 4.79 Å². The number of nitrogens with zero attached hydrogens (tertiary/aromatic N) is 1. The van der Waals surface area contributed by atoms with E-state index in [0.29, 0.717) is 19.5 Å². The van der Waals surface area contributed by atoms with Crippen LogP contribution in [0, 0.1) is 5.92 Å². The number of carbonyl (C=O) groups excluding carboxylic acids is 2. The number of anilines is 1. The molecule has 0 spiro atoms. The number of amides is 2. The fourth-order valence-electron chi connectivity index (χ4n) is 2.03. The van der Waals surface area contributed by atoms with Gasteiger partial charge in [0, 0.05) is 18.8 Å². The van der Waals surface area contributed by atoms with E-state index in [-0.39, 0.29) is 17.9 Å². The summed E-state index contributed by atoms with van der Waals surface area (Å²) in [5.74, 6) is -0.443. The Hall–Kier alpha value is -2.04. The van der Waals surface area contributed by atoms with Crippen LogP contribution in [0.5, 0.6) is 0 Å². The maximum Gasteiger partial charge on any atom is 0.321 e. The summed E-state index contributed by atoms with van der Waals surface area (Å²) in [6.07, 6.45) is 0.662. The molecule has 1 saturated heterocycles. The van der Waals surface area contributed by atoms with Crippen LogP contribution in [0.15, 0.2) is 30.3 Å². The van der Waals surface area contributed by atoms with E-state index in [1.54, 1.807) is 4.90 Å². The molecular weight excluding hydrogens is 232 g/mol. The van der Waals surface area contributed by atoms with Crippen molar-refractivity contribution >= 4 is 17.7 Å². The fourth-order valence-corrected chi connectivity index (χ4v) is 2.03. The van der Waals surface area contributed by atoms with Gasteiger partial charge in [0.1, 0.15) is 0 Å². The van der Waals surface area contributed by atoms with E-state index in [9.17, 15) is 9.59 Å². The van der Waals surface area contributed by atoms with Gasteiger partial charge in [0.2, 0.25) is 0 Å². The van der Waals surface area contributed by atoms with Crippen molar-refractivity contribution in [2.45, 2.75) is 6.42 Å². The van der Waals surface area contributed by atoms with Crippen LogP contribution < -0.4 is 5.32 Å². The number of hydrogen-bond acceptors (Lipinski definition) is 3. The number of urea groups is 1. The molecule has 1 unspecified atom stereocenters. The van der Waals surface area contributed by atoms with Crippen LogP contribution in [-0.4, -0.2) is 37.1 Å². The molecule has 1 N–H and O–H groups in total. The highest BCUT2D eigenvalue weighted by Gasteiger charge is 2.31. The Morgan fingerprint density at radius 2 is 2.06 bits per heavy atom. The highest BCUT2D eigenvalue weighted by Crippen LogP contribution is 2.18. The Bertz CT molecular complexity index is 433. The molecule has 2 amide bonds. The van der Waals surface area contributed by atoms with Crippen LogP contribution >= 0.6 is 0 Å². The third-order valence-corrected chi connectivity index (χ3v) is 3.04. The topological polar surface area (TPSA) is 58.6 Å². The maximum absolute atomic E-state index is 11.9. The first kappa shape index (κ1) is 12.4. The summed E-state index contributed by atoms with van der Waals surface area (Å²) >= 11 is 0. The molecule has 1 aromatic carbocycles. The highest BCUT2D eigenvalue weighted by atomic mass is 16.5. The fraction of sp³-hybridized carbons (Fsp3) is 0.385. The van der Waals surface area contributed by atoms with E-state index in [1.165, 1.54) is 7.11 Å². The van der Waals surface area contributed by atoms with Gasteiger partial charge in [-0.15, -0.1) is 0 Å². The van der Waals surface area contributed by atoms with Crippen LogP contribution in [0.25, 0.3) is 0 Å². The smallest absolute Gasteiger partial charge is 0.321 e. The van der Waals surface area contributed by atoms with Gasteiger partial charge in [-0.1, -0.05) is 18.2 Å². The molecule has 5 heteroatoms. The number of rotatable bonds is 2. The quantitative estimate of drug-likeness (QED) is 0.811. The predicted octanol–water partition coefficient (Wildman–Crippen LogP) is 1.71. The number of ether oxygens (including phenoxy) is 1. The summed E-state index contributed by atoms with van der Waals surface area (Å²) in [6.45, 7) is 1.00. The predicted molar refractivity (Wildman–Crippen MR) is 67.2 cm³/mol. The highest BCUT2D eigenvalue weighted by molar-refractivity contribution is 5.90. The Balaban J connectivity index is 1.90. The lowest BCUT2D eigenvalue weighted by Gasteiger charge is -2.16. The van der Waals surface area contributed by atoms with E-state index in [1.807, 2.05) is 30.3 Å². The van der Waals surface area contributed by atoms with Crippen LogP contribution in [-0.2, 0) is 9.53 Å². The molecule has 18 heavy (non-hydrogen) atoms. The van der Waals surface area contributed by atoms with Gasteiger partial charge in [0.05, 0.1) is 13.0 Å². The van der Waals surface area contributed by atoms with Gasteiger partial charge in [-0.2, -0.15) is 0 Å². The van der Waals surface area contributed by atoms with Crippen molar-refractivity contribution in [1.29, 1.82) is 0 Å². The lowest BCUT2D eigenvalue weighted by atomic mass is 10.1. The molecule has 0 radical (unpaired) electrons. The first-order valence-corrected chi connectivity index (χ1v) is 5.89. The molecule has 0 aromatic heterocycles. The minimum Gasteiger partial charge on any atom is -0.469 e. The summed E-state index contributed by atoms with van der Waals surface area (Å²) in [5.41, 5.74) is 0.754. The number of carbonyl (C=O) groups is 2. The van der Waals surface area contributed by atoms with Crippen LogP contribution in [0.1, 0.15) is 6.42 Å². The monoisotopic (exact) mass is 248 g/mol. The molecule has 1 aromatic rings. The van der Waals surface area contributed by atoms with Crippen LogP contribution in [0.4, 0.5) is 10.5 Å². The molecule has 1 aliphatic rings. The molecule has 0 bridgehead atoms. The van der Waals surface area contributed by atoms with Crippen LogP contribution in [0.2, 0.25) is 0 Å². The summed E-state index contributed by atoms with van der Waals surface area (Å²) in [5, 5.41) is 2.80. The van der Waals surface area contributed by atoms with Gasteiger partial charge >= 0.3 is 12.0 Å². The molecule has 1 aliphatic heterocycles. The second-order valence-electron chi connectivity index (χ2n) is 4.25. The van der Waals surface area contributed by atoms with Gasteiger partial charge in [-0.05, 0) is 18.6 Å². The molecular formula is C13H16N2O3. The van der Waals surface area contributed by atoms with Crippen molar-refractivity contribution in [3.8, 4) is 0 Å². The molecule has 96 valence electrons. The van der Waals surface area contributed by atoms with E-state index in [4.69, 9.17) is 0 Å². The van der Waals surface area contributed by atoms with Gasteiger partial charge < -0.3 is 15.0 Å². The van der Waals surface area contributed by atoms with Crippen LogP contribution in [0.3, 0.4) is 0 Å². The maximum atomic E-state index is 11.9. The summed E-state index contributed by atoms with van der Waals surface area (Å²) in [4.78, 5) is 24.9. The Morgan fingerprint density at radius 1 is 1.33 bits per heavy atom. The first-order valence-electron chi connectivity index (χ1n) is 5.89. The zero-order chi connectivity index (χ0) is 13.0. The minimum absolute atomic E-state index is 0.174. The standard InChI is InChI=1S/C13H16N2O3/c1-18-12(16)10-7-8-15(9-10)13(17)14-11-5-3-2-4-6-11/h2-6,10H,7-9H2,1H3,(H,14,17). The van der Waals surface area contributed by atoms with Crippen molar-refractivity contribution in [2.24, 2.45) is 5.92 Å². The summed E-state index contributed by atoms with van der Waals surface area (Å²) in [6, 6.07) is 9.08. The van der Waals surface area contributed by atoms with Crippen molar-refractivity contribution in [3.05, 3.63) is 30.3 Å². The van der Waals surface area contributed by atoms with E-state index < -0.39 is 0 Å². The number of methoxy groups -OCH3 is 1. The van der Waals surface area contributed by atoms with Crippen molar-refractivity contribution in [3.63, 3.8) is 0 Å². The van der Waals surface area contributed by atoms with Gasteiger partial charge in [-0.25, -0.2) is 4.79 Å². The second kappa shape index (κ2) is 5.53. The molecule has 2 rings (SSSR count). The van der Waals surface area contributed by atoms with Gasteiger partial charge in [0.15, 0.2) is 0 Å². The average Bonchev–Trinajstić information content (AvgIpc) is 2.88. The largest absolute Gasteiger partial charge is 0.469 e. The number of likely N-dealkylation sites (tertiary alicyclic amines) is 1. The van der Waals surface area contributed by atoms with Crippen molar-refractivity contribution < 1.29 is 14.3 Å². The number of para-hydroxylation sites is 1.